The summed E-state index contributed by atoms with van der Waals surface area (Å²) in [6, 6.07) is 7.17. The van der Waals surface area contributed by atoms with E-state index >= 15 is 0 Å². The first kappa shape index (κ1) is 22.3. The maximum Gasteiger partial charge on any atom is 0.313 e. The van der Waals surface area contributed by atoms with Crippen molar-refractivity contribution in [2.75, 3.05) is 11.9 Å². The molecular weight excluding hydrogens is 406 g/mol. The number of alkyl halides is 2. The average Bonchev–Trinajstić information content (AvgIpc) is 2.75. The second-order valence-electron chi connectivity index (χ2n) is 8.04. The molecule has 2 heterocycles. The van der Waals surface area contributed by atoms with Gasteiger partial charge in [0.1, 0.15) is 0 Å². The molecule has 31 heavy (non-hydrogen) atoms. The molecule has 0 radical (unpaired) electrons. The fourth-order valence-corrected chi connectivity index (χ4v) is 3.81. The van der Waals surface area contributed by atoms with Crippen LogP contribution in [0.1, 0.15) is 54.6 Å². The third-order valence-electron chi connectivity index (χ3n) is 5.72. The Hall–Kier alpha value is -3.36. The fraction of sp³-hybridized carbons (Fsp3) is 0.364. The first-order valence-electron chi connectivity index (χ1n) is 9.88. The number of nitrogens with zero attached hydrogens (tertiary/aromatic N) is 2. The molecule has 1 aromatic heterocycles. The van der Waals surface area contributed by atoms with E-state index in [2.05, 4.69) is 10.3 Å². The number of halogens is 2. The summed E-state index contributed by atoms with van der Waals surface area (Å²) < 4.78 is 25.9. The van der Waals surface area contributed by atoms with Crippen molar-refractivity contribution in [3.05, 3.63) is 59.4 Å². The van der Waals surface area contributed by atoms with Gasteiger partial charge in [-0.3, -0.25) is 19.4 Å². The second-order valence-corrected chi connectivity index (χ2v) is 8.04. The number of pyridine rings is 1. The van der Waals surface area contributed by atoms with Gasteiger partial charge < -0.3 is 16.0 Å². The van der Waals surface area contributed by atoms with Crippen LogP contribution >= 0.6 is 0 Å². The van der Waals surface area contributed by atoms with Crippen LogP contribution in [0.3, 0.4) is 0 Å². The molecule has 164 valence electrons. The van der Waals surface area contributed by atoms with E-state index in [1.165, 1.54) is 35.5 Å². The lowest BCUT2D eigenvalue weighted by atomic mass is 9.78. The van der Waals surface area contributed by atoms with Gasteiger partial charge in [0.05, 0.1) is 23.0 Å². The Labute approximate surface area is 178 Å². The number of hydrogen-bond donors (Lipinski definition) is 2. The van der Waals surface area contributed by atoms with Crippen molar-refractivity contribution in [1.29, 1.82) is 0 Å². The van der Waals surface area contributed by atoms with Crippen LogP contribution in [-0.4, -0.2) is 34.2 Å². The number of anilines is 1. The van der Waals surface area contributed by atoms with Gasteiger partial charge in [-0.05, 0) is 37.3 Å². The summed E-state index contributed by atoms with van der Waals surface area (Å²) in [4.78, 5) is 42.5. The largest absolute Gasteiger partial charge is 0.366 e. The minimum Gasteiger partial charge on any atom is -0.366 e. The number of nitrogens with two attached hydrogens (primary N) is 1. The van der Waals surface area contributed by atoms with E-state index in [0.29, 0.717) is 18.5 Å². The number of benzene rings is 1. The van der Waals surface area contributed by atoms with E-state index in [4.69, 9.17) is 5.73 Å². The molecule has 2 aromatic rings. The summed E-state index contributed by atoms with van der Waals surface area (Å²) in [5, 5.41) is 2.46. The number of piperidine rings is 1. The monoisotopic (exact) mass is 430 g/mol. The van der Waals surface area contributed by atoms with Crippen LogP contribution in [-0.2, 0) is 15.1 Å². The predicted molar refractivity (Wildman–Crippen MR) is 110 cm³/mol. The lowest BCUT2D eigenvalue weighted by Gasteiger charge is -2.47. The molecule has 0 aliphatic carbocycles. The van der Waals surface area contributed by atoms with Crippen molar-refractivity contribution < 1.29 is 23.2 Å². The quantitative estimate of drug-likeness (QED) is 0.727. The Morgan fingerprint density at radius 1 is 1.23 bits per heavy atom. The van der Waals surface area contributed by atoms with E-state index in [1.54, 1.807) is 12.1 Å². The first-order chi connectivity index (χ1) is 14.6. The molecule has 0 saturated carbocycles. The molecule has 3 N–H and O–H groups in total. The van der Waals surface area contributed by atoms with Crippen LogP contribution < -0.4 is 11.1 Å². The SMILES string of the molecule is C[C@H]1CC[C@@](C)(c2ccc(C(F)F)cc2)N(C(=O)C(=O)Nc2cncc(C(N)=O)c2)C1. The number of carbonyl (C=O) groups is 3. The number of rotatable bonds is 4. The second kappa shape index (κ2) is 8.79. The Morgan fingerprint density at radius 2 is 1.90 bits per heavy atom. The number of likely N-dealkylation sites (tertiary alicyclic amines) is 1. The standard InChI is InChI=1S/C22H24F2N4O3/c1-13-7-8-22(2,16-5-3-14(4-6-16)18(23)24)28(12-13)21(31)20(30)27-17-9-15(19(25)29)10-26-11-17/h3-6,9-11,13,18H,7-8,12H2,1-2H3,(H2,25,29)(H,27,30)/t13-,22-/m0/s1. The van der Waals surface area contributed by atoms with Crippen LogP contribution in [0, 0.1) is 5.92 Å². The van der Waals surface area contributed by atoms with Gasteiger partial charge in [-0.1, -0.05) is 31.2 Å². The molecule has 9 heteroatoms. The lowest BCUT2D eigenvalue weighted by Crippen LogP contribution is -2.55. The number of aromatic nitrogens is 1. The molecular formula is C22H24F2N4O3. The molecule has 0 unspecified atom stereocenters. The molecule has 1 fully saturated rings. The Balaban J connectivity index is 1.86. The van der Waals surface area contributed by atoms with Crippen LogP contribution in [0.4, 0.5) is 14.5 Å². The molecule has 0 spiro atoms. The molecule has 1 saturated heterocycles. The highest BCUT2D eigenvalue weighted by Crippen LogP contribution is 2.39. The van der Waals surface area contributed by atoms with E-state index in [-0.39, 0.29) is 22.7 Å². The third-order valence-corrected chi connectivity index (χ3v) is 5.72. The Kier molecular flexibility index (Phi) is 6.33. The van der Waals surface area contributed by atoms with Gasteiger partial charge in [-0.25, -0.2) is 8.78 Å². The molecule has 2 atom stereocenters. The van der Waals surface area contributed by atoms with Crippen LogP contribution in [0.15, 0.2) is 42.7 Å². The van der Waals surface area contributed by atoms with Gasteiger partial charge in [-0.15, -0.1) is 0 Å². The van der Waals surface area contributed by atoms with Crippen LogP contribution in [0.2, 0.25) is 0 Å². The molecule has 1 aromatic carbocycles. The van der Waals surface area contributed by atoms with E-state index in [1.807, 2.05) is 13.8 Å². The minimum atomic E-state index is -2.58. The maximum atomic E-state index is 13.1. The van der Waals surface area contributed by atoms with E-state index < -0.39 is 29.7 Å². The molecule has 3 amide bonds. The molecule has 1 aliphatic heterocycles. The van der Waals surface area contributed by atoms with E-state index in [9.17, 15) is 23.2 Å². The number of nitrogens with one attached hydrogen (secondary N) is 1. The summed E-state index contributed by atoms with van der Waals surface area (Å²) in [6.07, 6.45) is 1.38. The zero-order chi connectivity index (χ0) is 22.8. The zero-order valence-corrected chi connectivity index (χ0v) is 17.3. The Morgan fingerprint density at radius 3 is 2.52 bits per heavy atom. The van der Waals surface area contributed by atoms with Crippen molar-refractivity contribution in [3.63, 3.8) is 0 Å². The number of primary amides is 1. The van der Waals surface area contributed by atoms with Gasteiger partial charge in [0.15, 0.2) is 0 Å². The van der Waals surface area contributed by atoms with Crippen LogP contribution in [0.25, 0.3) is 0 Å². The Bertz CT molecular complexity index is 997. The summed E-state index contributed by atoms with van der Waals surface area (Å²) in [5.41, 5.74) is 5.24. The van der Waals surface area contributed by atoms with Crippen molar-refractivity contribution in [3.8, 4) is 0 Å². The molecule has 3 rings (SSSR count). The van der Waals surface area contributed by atoms with Crippen LogP contribution in [0.5, 0.6) is 0 Å². The van der Waals surface area contributed by atoms with Gasteiger partial charge in [0.25, 0.3) is 6.43 Å². The zero-order valence-electron chi connectivity index (χ0n) is 17.3. The summed E-state index contributed by atoms with van der Waals surface area (Å²) in [5.74, 6) is -2.17. The van der Waals surface area contributed by atoms with Crippen molar-refractivity contribution in [2.45, 2.75) is 38.7 Å². The fourth-order valence-electron chi connectivity index (χ4n) is 3.81. The minimum absolute atomic E-state index is 0.0980. The average molecular weight is 430 g/mol. The highest BCUT2D eigenvalue weighted by molar-refractivity contribution is 6.39. The third kappa shape index (κ3) is 4.70. The smallest absolute Gasteiger partial charge is 0.313 e. The van der Waals surface area contributed by atoms with Crippen molar-refractivity contribution >= 4 is 23.4 Å². The molecule has 7 nitrogen and oxygen atoms in total. The lowest BCUT2D eigenvalue weighted by molar-refractivity contribution is -0.150. The van der Waals surface area contributed by atoms with Gasteiger partial charge in [-0.2, -0.15) is 0 Å². The summed E-state index contributed by atoms with van der Waals surface area (Å²) >= 11 is 0. The van der Waals surface area contributed by atoms with Crippen molar-refractivity contribution in [2.24, 2.45) is 11.7 Å². The highest BCUT2D eigenvalue weighted by Gasteiger charge is 2.43. The topological polar surface area (TPSA) is 105 Å². The van der Waals surface area contributed by atoms with E-state index in [0.717, 1.165) is 6.42 Å². The highest BCUT2D eigenvalue weighted by atomic mass is 19.3. The first-order valence-corrected chi connectivity index (χ1v) is 9.88. The normalized spacial score (nSPS) is 21.1. The van der Waals surface area contributed by atoms with Gasteiger partial charge in [0, 0.05) is 18.3 Å². The van der Waals surface area contributed by atoms with Gasteiger partial charge >= 0.3 is 11.8 Å². The summed E-state index contributed by atoms with van der Waals surface area (Å²) in [6.45, 7) is 4.16. The molecule has 1 aliphatic rings. The maximum absolute atomic E-state index is 13.1. The molecule has 0 bridgehead atoms. The predicted octanol–water partition coefficient (Wildman–Crippen LogP) is 3.23. The number of hydrogen-bond acceptors (Lipinski definition) is 4. The van der Waals surface area contributed by atoms with Crippen molar-refractivity contribution in [1.82, 2.24) is 9.88 Å². The van der Waals surface area contributed by atoms with Gasteiger partial charge in [0.2, 0.25) is 5.91 Å². The summed E-state index contributed by atoms with van der Waals surface area (Å²) in [7, 11) is 0. The number of amides is 3. The number of carbonyl (C=O) groups excluding carboxylic acids is 3.